The number of benzene rings is 1. The first kappa shape index (κ1) is 15.6. The Morgan fingerprint density at radius 2 is 2.22 bits per heavy atom. The molecule has 0 aliphatic carbocycles. The fourth-order valence-corrected chi connectivity index (χ4v) is 2.94. The summed E-state index contributed by atoms with van der Waals surface area (Å²) < 4.78 is 0. The second-order valence-electron chi connectivity index (χ2n) is 5.39. The summed E-state index contributed by atoms with van der Waals surface area (Å²) >= 11 is 1.42. The van der Waals surface area contributed by atoms with Crippen LogP contribution in [0.4, 0.5) is 0 Å². The van der Waals surface area contributed by atoms with Gasteiger partial charge in [-0.15, -0.1) is 0 Å². The van der Waals surface area contributed by atoms with E-state index in [2.05, 4.69) is 26.3 Å². The van der Waals surface area contributed by atoms with Gasteiger partial charge in [-0.2, -0.15) is 0 Å². The molecule has 1 unspecified atom stereocenters. The molecular formula is C17H18N4OS. The average Bonchev–Trinajstić information content (AvgIpc) is 2.97. The van der Waals surface area contributed by atoms with E-state index in [0.717, 1.165) is 21.9 Å². The molecule has 0 fully saturated rings. The Kier molecular flexibility index (Phi) is 4.62. The van der Waals surface area contributed by atoms with Gasteiger partial charge >= 0.3 is 0 Å². The number of hydrogen-bond acceptors (Lipinski definition) is 4. The van der Waals surface area contributed by atoms with Crippen LogP contribution in [0.25, 0.3) is 11.0 Å². The van der Waals surface area contributed by atoms with E-state index in [1.165, 1.54) is 17.3 Å². The highest BCUT2D eigenvalue weighted by atomic mass is 32.2. The van der Waals surface area contributed by atoms with E-state index in [4.69, 9.17) is 0 Å². The largest absolute Gasteiger partial charge is 0.346 e. The molecule has 5 nitrogen and oxygen atoms in total. The minimum Gasteiger partial charge on any atom is -0.346 e. The van der Waals surface area contributed by atoms with Gasteiger partial charge in [0.1, 0.15) is 5.82 Å². The van der Waals surface area contributed by atoms with Crippen LogP contribution in [0.1, 0.15) is 24.4 Å². The molecule has 2 aromatic heterocycles. The van der Waals surface area contributed by atoms with Gasteiger partial charge in [0.05, 0.1) is 27.9 Å². The summed E-state index contributed by atoms with van der Waals surface area (Å²) in [4.78, 5) is 24.1. The minimum atomic E-state index is -0.167. The molecule has 118 valence electrons. The van der Waals surface area contributed by atoms with Crippen molar-refractivity contribution in [2.45, 2.75) is 24.9 Å². The number of imidazole rings is 1. The minimum absolute atomic E-state index is 0.0372. The molecule has 23 heavy (non-hydrogen) atoms. The SMILES string of the molecule is Cc1ccc2nc(C(C)NC(=O)CSc3ccccn3)[nH]c2c1. The number of thioether (sulfide) groups is 1. The van der Waals surface area contributed by atoms with Crippen molar-refractivity contribution in [3.63, 3.8) is 0 Å². The Balaban J connectivity index is 1.61. The van der Waals surface area contributed by atoms with Crippen LogP contribution < -0.4 is 5.32 Å². The number of rotatable bonds is 5. The standard InChI is InChI=1S/C17H18N4OS/c1-11-6-7-13-14(9-11)21-17(20-13)12(2)19-15(22)10-23-16-5-3-4-8-18-16/h3-9,12H,10H2,1-2H3,(H,19,22)(H,20,21). The van der Waals surface area contributed by atoms with Crippen LogP contribution >= 0.6 is 11.8 Å². The average molecular weight is 326 g/mol. The molecule has 1 amide bonds. The Hall–Kier alpha value is -2.34. The lowest BCUT2D eigenvalue weighted by molar-refractivity contribution is -0.119. The topological polar surface area (TPSA) is 70.7 Å². The molecule has 1 aromatic carbocycles. The molecule has 0 spiro atoms. The van der Waals surface area contributed by atoms with Crippen molar-refractivity contribution in [3.05, 3.63) is 54.0 Å². The van der Waals surface area contributed by atoms with Crippen LogP contribution in [0.5, 0.6) is 0 Å². The third-order valence-corrected chi connectivity index (χ3v) is 4.38. The summed E-state index contributed by atoms with van der Waals surface area (Å²) in [5.41, 5.74) is 3.08. The number of pyridine rings is 1. The van der Waals surface area contributed by atoms with E-state index in [0.29, 0.717) is 5.75 Å². The zero-order valence-corrected chi connectivity index (χ0v) is 13.9. The fraction of sp³-hybridized carbons (Fsp3) is 0.235. The lowest BCUT2D eigenvalue weighted by atomic mass is 10.2. The van der Waals surface area contributed by atoms with E-state index in [1.54, 1.807) is 6.20 Å². The van der Waals surface area contributed by atoms with E-state index < -0.39 is 0 Å². The molecule has 0 saturated heterocycles. The van der Waals surface area contributed by atoms with Gasteiger partial charge in [-0.3, -0.25) is 4.79 Å². The van der Waals surface area contributed by atoms with Gasteiger partial charge < -0.3 is 10.3 Å². The van der Waals surface area contributed by atoms with Gasteiger partial charge in [-0.05, 0) is 43.7 Å². The number of carbonyl (C=O) groups is 1. The number of nitrogens with zero attached hydrogens (tertiary/aromatic N) is 2. The maximum Gasteiger partial charge on any atom is 0.230 e. The molecule has 0 aliphatic rings. The summed E-state index contributed by atoms with van der Waals surface area (Å²) in [6.45, 7) is 3.97. The third kappa shape index (κ3) is 3.90. The predicted molar refractivity (Wildman–Crippen MR) is 92.3 cm³/mol. The highest BCUT2D eigenvalue weighted by molar-refractivity contribution is 7.99. The van der Waals surface area contributed by atoms with Crippen LogP contribution in [-0.2, 0) is 4.79 Å². The van der Waals surface area contributed by atoms with Crippen molar-refractivity contribution in [2.24, 2.45) is 0 Å². The van der Waals surface area contributed by atoms with Gasteiger partial charge in [0.2, 0.25) is 5.91 Å². The van der Waals surface area contributed by atoms with Crippen molar-refractivity contribution in [3.8, 4) is 0 Å². The lowest BCUT2D eigenvalue weighted by Gasteiger charge is -2.11. The number of fused-ring (bicyclic) bond motifs is 1. The molecule has 2 N–H and O–H groups in total. The van der Waals surface area contributed by atoms with Gasteiger partial charge in [-0.25, -0.2) is 9.97 Å². The molecule has 0 aliphatic heterocycles. The number of aromatic amines is 1. The smallest absolute Gasteiger partial charge is 0.230 e. The van der Waals surface area contributed by atoms with E-state index in [9.17, 15) is 4.79 Å². The molecule has 0 saturated carbocycles. The highest BCUT2D eigenvalue weighted by Gasteiger charge is 2.14. The number of amides is 1. The van der Waals surface area contributed by atoms with Crippen molar-refractivity contribution in [1.82, 2.24) is 20.3 Å². The Morgan fingerprint density at radius 1 is 1.35 bits per heavy atom. The maximum absolute atomic E-state index is 12.1. The summed E-state index contributed by atoms with van der Waals surface area (Å²) in [5.74, 6) is 1.06. The molecular weight excluding hydrogens is 308 g/mol. The molecule has 2 heterocycles. The predicted octanol–water partition coefficient (Wildman–Crippen LogP) is 3.24. The number of carbonyl (C=O) groups excluding carboxylic acids is 1. The molecule has 3 rings (SSSR count). The number of nitrogens with one attached hydrogen (secondary N) is 2. The molecule has 3 aromatic rings. The second-order valence-corrected chi connectivity index (χ2v) is 6.38. The van der Waals surface area contributed by atoms with Gasteiger partial charge in [0, 0.05) is 6.20 Å². The molecule has 6 heteroatoms. The van der Waals surface area contributed by atoms with Crippen LogP contribution in [0.2, 0.25) is 0 Å². The van der Waals surface area contributed by atoms with Crippen molar-refractivity contribution in [1.29, 1.82) is 0 Å². The van der Waals surface area contributed by atoms with Crippen LogP contribution in [-0.4, -0.2) is 26.6 Å². The van der Waals surface area contributed by atoms with Crippen LogP contribution in [0, 0.1) is 6.92 Å². The van der Waals surface area contributed by atoms with Gasteiger partial charge in [-0.1, -0.05) is 23.9 Å². The summed E-state index contributed by atoms with van der Waals surface area (Å²) in [5, 5.41) is 3.80. The maximum atomic E-state index is 12.1. The van der Waals surface area contributed by atoms with Crippen LogP contribution in [0.15, 0.2) is 47.6 Å². The first-order valence-electron chi connectivity index (χ1n) is 7.41. The zero-order valence-electron chi connectivity index (χ0n) is 13.0. The number of hydrogen-bond donors (Lipinski definition) is 2. The van der Waals surface area contributed by atoms with Crippen LogP contribution in [0.3, 0.4) is 0 Å². The number of aryl methyl sites for hydroxylation is 1. The van der Waals surface area contributed by atoms with Gasteiger partial charge in [0.15, 0.2) is 0 Å². The molecule has 1 atom stereocenters. The number of H-pyrrole nitrogens is 1. The third-order valence-electron chi connectivity index (χ3n) is 3.43. The van der Waals surface area contributed by atoms with E-state index in [1.807, 2.05) is 44.2 Å². The number of aromatic nitrogens is 3. The van der Waals surface area contributed by atoms with Crippen molar-refractivity contribution >= 4 is 28.7 Å². The normalized spacial score (nSPS) is 12.3. The van der Waals surface area contributed by atoms with E-state index in [-0.39, 0.29) is 11.9 Å². The first-order valence-corrected chi connectivity index (χ1v) is 8.40. The zero-order chi connectivity index (χ0) is 16.2. The highest BCUT2D eigenvalue weighted by Crippen LogP contribution is 2.18. The summed E-state index contributed by atoms with van der Waals surface area (Å²) in [6.07, 6.45) is 1.72. The lowest BCUT2D eigenvalue weighted by Crippen LogP contribution is -2.28. The van der Waals surface area contributed by atoms with Crippen molar-refractivity contribution in [2.75, 3.05) is 5.75 Å². The van der Waals surface area contributed by atoms with Gasteiger partial charge in [0.25, 0.3) is 0 Å². The van der Waals surface area contributed by atoms with Crippen molar-refractivity contribution < 1.29 is 4.79 Å². The summed E-state index contributed by atoms with van der Waals surface area (Å²) in [6, 6.07) is 11.6. The second kappa shape index (κ2) is 6.83. The summed E-state index contributed by atoms with van der Waals surface area (Å²) in [7, 11) is 0. The molecule has 0 radical (unpaired) electrons. The monoisotopic (exact) mass is 326 g/mol. The fourth-order valence-electron chi connectivity index (χ4n) is 2.27. The quantitative estimate of drug-likeness (QED) is 0.706. The Morgan fingerprint density at radius 3 is 3.00 bits per heavy atom. The Bertz CT molecular complexity index is 816. The Labute approximate surface area is 138 Å². The first-order chi connectivity index (χ1) is 11.1. The van der Waals surface area contributed by atoms with E-state index >= 15 is 0 Å². The molecule has 0 bridgehead atoms.